The van der Waals surface area contributed by atoms with Crippen LogP contribution in [0.25, 0.3) is 0 Å². The molecule has 0 atom stereocenters. The highest BCUT2D eigenvalue weighted by Crippen LogP contribution is 1.95. The van der Waals surface area contributed by atoms with Crippen molar-refractivity contribution in [1.29, 1.82) is 0 Å². The summed E-state index contributed by atoms with van der Waals surface area (Å²) < 4.78 is 0. The number of nitrogens with zero attached hydrogens (tertiary/aromatic N) is 1. The first-order valence-corrected chi connectivity index (χ1v) is 2.88. The molecule has 3 amide bonds. The van der Waals surface area contributed by atoms with Crippen LogP contribution in [0.4, 0.5) is 4.79 Å². The molecule has 60 valence electrons. The lowest BCUT2D eigenvalue weighted by Gasteiger charge is -2.12. The lowest BCUT2D eigenvalue weighted by atomic mass is 10.5. The van der Waals surface area contributed by atoms with Gasteiger partial charge in [0.25, 0.3) is 0 Å². The Bertz CT molecular complexity index is 225. The van der Waals surface area contributed by atoms with Crippen LogP contribution in [0.3, 0.4) is 0 Å². The number of urea groups is 1. The van der Waals surface area contributed by atoms with E-state index in [2.05, 4.69) is 0 Å². The first-order chi connectivity index (χ1) is 5.09. The molecule has 0 aromatic heterocycles. The smallest absolute Gasteiger partial charge is 0.324 e. The van der Waals surface area contributed by atoms with E-state index < -0.39 is 24.5 Å². The number of amides is 3. The molecule has 0 radical (unpaired) electrons. The number of hydrogen-bond acceptors (Lipinski definition) is 4. The van der Waals surface area contributed by atoms with Crippen molar-refractivity contribution in [1.82, 2.24) is 10.2 Å². The predicted octanol–water partition coefficient (Wildman–Crippen LogP) is -2.71. The molecular formula is C5H5N2O4-. The van der Waals surface area contributed by atoms with E-state index in [0.717, 1.165) is 4.90 Å². The van der Waals surface area contributed by atoms with Crippen molar-refractivity contribution in [3.8, 4) is 0 Å². The Kier molecular flexibility index (Phi) is 1.75. The molecule has 1 heterocycles. The largest absolute Gasteiger partial charge is 0.548 e. The number of imide groups is 1. The number of aliphatic carboxylic acids is 1. The zero-order chi connectivity index (χ0) is 8.43. The Morgan fingerprint density at radius 2 is 2.27 bits per heavy atom. The fraction of sp³-hybridized carbons (Fsp3) is 0.400. The van der Waals surface area contributed by atoms with Gasteiger partial charge >= 0.3 is 6.03 Å². The molecule has 1 N–H and O–H groups in total. The summed E-state index contributed by atoms with van der Waals surface area (Å²) in [5, 5.41) is 11.9. The second-order valence-corrected chi connectivity index (χ2v) is 2.08. The molecule has 1 fully saturated rings. The average Bonchev–Trinajstić information content (AvgIpc) is 2.09. The second kappa shape index (κ2) is 2.57. The summed E-state index contributed by atoms with van der Waals surface area (Å²) in [7, 11) is 0. The van der Waals surface area contributed by atoms with Crippen LogP contribution in [0.2, 0.25) is 0 Å². The van der Waals surface area contributed by atoms with Crippen LogP contribution in [0.1, 0.15) is 0 Å². The molecule has 0 spiro atoms. The monoisotopic (exact) mass is 157 g/mol. The summed E-state index contributed by atoms with van der Waals surface area (Å²) in [6.45, 7) is -0.746. The Balaban J connectivity index is 2.53. The van der Waals surface area contributed by atoms with E-state index in [1.807, 2.05) is 5.32 Å². The lowest BCUT2D eigenvalue weighted by Crippen LogP contribution is -2.39. The van der Waals surface area contributed by atoms with Crippen molar-refractivity contribution in [2.45, 2.75) is 0 Å². The van der Waals surface area contributed by atoms with E-state index in [1.54, 1.807) is 0 Å². The third-order valence-electron chi connectivity index (χ3n) is 1.19. The maximum Gasteiger partial charge on any atom is 0.324 e. The number of nitrogens with one attached hydrogen (secondary N) is 1. The summed E-state index contributed by atoms with van der Waals surface area (Å²) >= 11 is 0. The number of carboxylic acids is 1. The zero-order valence-electron chi connectivity index (χ0n) is 5.49. The van der Waals surface area contributed by atoms with Crippen LogP contribution in [-0.4, -0.2) is 35.9 Å². The van der Waals surface area contributed by atoms with Crippen molar-refractivity contribution < 1.29 is 19.5 Å². The van der Waals surface area contributed by atoms with Crippen LogP contribution < -0.4 is 10.4 Å². The fourth-order valence-electron chi connectivity index (χ4n) is 0.767. The van der Waals surface area contributed by atoms with Crippen molar-refractivity contribution in [2.24, 2.45) is 0 Å². The van der Waals surface area contributed by atoms with E-state index in [0.29, 0.717) is 0 Å². The number of carbonyl (C=O) groups excluding carboxylic acids is 3. The maximum absolute atomic E-state index is 10.6. The van der Waals surface area contributed by atoms with Crippen LogP contribution in [0.15, 0.2) is 0 Å². The van der Waals surface area contributed by atoms with Crippen LogP contribution in [0.5, 0.6) is 0 Å². The summed E-state index contributed by atoms with van der Waals surface area (Å²) in [6, 6.07) is -0.681. The molecule has 1 rings (SSSR count). The molecule has 11 heavy (non-hydrogen) atoms. The van der Waals surface area contributed by atoms with Gasteiger partial charge in [-0.1, -0.05) is 0 Å². The third-order valence-corrected chi connectivity index (χ3v) is 1.19. The van der Waals surface area contributed by atoms with Gasteiger partial charge in [-0.15, -0.1) is 0 Å². The minimum atomic E-state index is -1.38. The molecule has 1 saturated heterocycles. The number of carboxylic acid groups (broad SMARTS) is 1. The van der Waals surface area contributed by atoms with Crippen molar-refractivity contribution in [3.63, 3.8) is 0 Å². The number of hydrogen-bond donors (Lipinski definition) is 1. The van der Waals surface area contributed by atoms with E-state index in [-0.39, 0.29) is 6.54 Å². The quantitative estimate of drug-likeness (QED) is 0.441. The van der Waals surface area contributed by atoms with Crippen molar-refractivity contribution in [3.05, 3.63) is 0 Å². The third kappa shape index (κ3) is 1.66. The van der Waals surface area contributed by atoms with E-state index in [1.165, 1.54) is 0 Å². The fourth-order valence-corrected chi connectivity index (χ4v) is 0.767. The van der Waals surface area contributed by atoms with E-state index in [9.17, 15) is 19.5 Å². The highest BCUT2D eigenvalue weighted by molar-refractivity contribution is 6.02. The van der Waals surface area contributed by atoms with Gasteiger partial charge in [0, 0.05) is 0 Å². The molecule has 1 aliphatic heterocycles. The van der Waals surface area contributed by atoms with Gasteiger partial charge < -0.3 is 14.8 Å². The topological polar surface area (TPSA) is 89.5 Å². The number of rotatable bonds is 2. The summed E-state index contributed by atoms with van der Waals surface area (Å²) in [4.78, 5) is 31.9. The normalized spacial score (nSPS) is 16.9. The first-order valence-electron chi connectivity index (χ1n) is 2.88. The molecule has 6 heteroatoms. The van der Waals surface area contributed by atoms with Gasteiger partial charge in [0.05, 0.1) is 12.5 Å². The molecule has 0 bridgehead atoms. The molecule has 0 aliphatic carbocycles. The molecule has 1 aliphatic rings. The first kappa shape index (κ1) is 7.52. The Morgan fingerprint density at radius 3 is 2.64 bits per heavy atom. The van der Waals surface area contributed by atoms with E-state index >= 15 is 0 Å². The molecule has 0 aromatic carbocycles. The van der Waals surface area contributed by atoms with Crippen LogP contribution in [0, 0.1) is 0 Å². The van der Waals surface area contributed by atoms with Crippen LogP contribution >= 0.6 is 0 Å². The van der Waals surface area contributed by atoms with Gasteiger partial charge in [-0.3, -0.25) is 10.1 Å². The predicted molar refractivity (Wildman–Crippen MR) is 30.1 cm³/mol. The summed E-state index contributed by atoms with van der Waals surface area (Å²) in [5.41, 5.74) is 0. The minimum absolute atomic E-state index is 0.202. The van der Waals surface area contributed by atoms with Gasteiger partial charge in [0.15, 0.2) is 0 Å². The van der Waals surface area contributed by atoms with Gasteiger partial charge in [0.2, 0.25) is 5.91 Å². The van der Waals surface area contributed by atoms with Crippen LogP contribution in [-0.2, 0) is 9.59 Å². The van der Waals surface area contributed by atoms with Gasteiger partial charge in [-0.05, 0) is 0 Å². The lowest BCUT2D eigenvalue weighted by molar-refractivity contribution is -0.305. The highest BCUT2D eigenvalue weighted by Gasteiger charge is 2.25. The second-order valence-electron chi connectivity index (χ2n) is 2.08. The Labute approximate surface area is 61.8 Å². The summed E-state index contributed by atoms with van der Waals surface area (Å²) in [6.07, 6.45) is 0. The number of carbonyl (C=O) groups is 3. The standard InChI is InChI=1S/C5H6N2O4/c8-3-1-7(2-4(9)10)5(11)6-3/h1-2H2,(H,9,10)(H,6,8,11)/p-1. The average molecular weight is 157 g/mol. The maximum atomic E-state index is 10.6. The van der Waals surface area contributed by atoms with Gasteiger partial charge in [0.1, 0.15) is 6.54 Å². The zero-order valence-corrected chi connectivity index (χ0v) is 5.49. The van der Waals surface area contributed by atoms with Gasteiger partial charge in [-0.2, -0.15) is 0 Å². The summed E-state index contributed by atoms with van der Waals surface area (Å²) in [5.74, 6) is -1.87. The molecule has 6 nitrogen and oxygen atoms in total. The minimum Gasteiger partial charge on any atom is -0.548 e. The molecule has 0 saturated carbocycles. The molecule has 0 aromatic rings. The van der Waals surface area contributed by atoms with Crippen molar-refractivity contribution >= 4 is 17.9 Å². The Morgan fingerprint density at radius 1 is 1.64 bits per heavy atom. The van der Waals surface area contributed by atoms with Gasteiger partial charge in [-0.25, -0.2) is 4.79 Å². The van der Waals surface area contributed by atoms with Crippen molar-refractivity contribution in [2.75, 3.05) is 13.1 Å². The Hall–Kier alpha value is -1.59. The molecule has 0 unspecified atom stereocenters. The highest BCUT2D eigenvalue weighted by atomic mass is 16.4. The molecular weight excluding hydrogens is 152 g/mol. The SMILES string of the molecule is O=C([O-])CN1CC(=O)NC1=O. The van der Waals surface area contributed by atoms with E-state index in [4.69, 9.17) is 0 Å².